The lowest BCUT2D eigenvalue weighted by Crippen LogP contribution is -2.36. The molecule has 0 aromatic rings. The molecule has 0 aliphatic heterocycles. The van der Waals surface area contributed by atoms with Crippen LogP contribution in [-0.4, -0.2) is 18.0 Å². The van der Waals surface area contributed by atoms with E-state index in [1.54, 1.807) is 0 Å². The molecule has 0 saturated carbocycles. The van der Waals surface area contributed by atoms with Gasteiger partial charge in [-0.15, -0.1) is 0 Å². The fourth-order valence-electron chi connectivity index (χ4n) is 1.39. The first kappa shape index (κ1) is 12.4. The maximum atomic E-state index is 11.3. The van der Waals surface area contributed by atoms with Gasteiger partial charge in [0, 0.05) is 18.5 Å². The van der Waals surface area contributed by atoms with E-state index in [9.17, 15) is 4.79 Å². The maximum Gasteiger partial charge on any atom is 0.221 e. The molecule has 0 radical (unpaired) electrons. The molecule has 0 spiro atoms. The van der Waals surface area contributed by atoms with E-state index in [1.165, 1.54) is 0 Å². The summed E-state index contributed by atoms with van der Waals surface area (Å²) >= 11 is 0. The number of carbonyl (C=O) groups excluding carboxylic acids is 1. The van der Waals surface area contributed by atoms with Crippen molar-refractivity contribution in [3.05, 3.63) is 0 Å². The van der Waals surface area contributed by atoms with Crippen molar-refractivity contribution in [3.8, 4) is 0 Å². The van der Waals surface area contributed by atoms with Gasteiger partial charge < -0.3 is 11.1 Å². The van der Waals surface area contributed by atoms with Gasteiger partial charge in [0.05, 0.1) is 0 Å². The molecule has 0 saturated heterocycles. The standard InChI is InChI=1S/C10H22N2O/c1-7(2)5-9(4)12-10(13)6-8(3)11/h7-9H,5-6,11H2,1-4H3,(H,12,13). The number of rotatable bonds is 5. The number of amides is 1. The highest BCUT2D eigenvalue weighted by molar-refractivity contribution is 5.76. The van der Waals surface area contributed by atoms with Crippen LogP contribution in [0.3, 0.4) is 0 Å². The Kier molecular flexibility index (Phi) is 5.71. The van der Waals surface area contributed by atoms with Gasteiger partial charge in [-0.1, -0.05) is 13.8 Å². The van der Waals surface area contributed by atoms with E-state index in [1.807, 2.05) is 13.8 Å². The number of nitrogens with one attached hydrogen (secondary N) is 1. The topological polar surface area (TPSA) is 55.1 Å². The quantitative estimate of drug-likeness (QED) is 0.679. The molecular formula is C10H22N2O. The van der Waals surface area contributed by atoms with Crippen LogP contribution in [0.5, 0.6) is 0 Å². The minimum atomic E-state index is -0.0498. The fraction of sp³-hybridized carbons (Fsp3) is 0.900. The van der Waals surface area contributed by atoms with E-state index in [4.69, 9.17) is 5.73 Å². The molecule has 0 aliphatic rings. The first-order valence-corrected chi connectivity index (χ1v) is 4.96. The van der Waals surface area contributed by atoms with Gasteiger partial charge in [-0.2, -0.15) is 0 Å². The fourth-order valence-corrected chi connectivity index (χ4v) is 1.39. The molecule has 0 aliphatic carbocycles. The first-order valence-electron chi connectivity index (χ1n) is 4.96. The predicted molar refractivity (Wildman–Crippen MR) is 55.3 cm³/mol. The van der Waals surface area contributed by atoms with Gasteiger partial charge >= 0.3 is 0 Å². The molecule has 3 nitrogen and oxygen atoms in total. The predicted octanol–water partition coefficient (Wildman–Crippen LogP) is 1.27. The first-order chi connectivity index (χ1) is 5.91. The number of nitrogens with two attached hydrogens (primary N) is 1. The highest BCUT2D eigenvalue weighted by Gasteiger charge is 2.09. The minimum absolute atomic E-state index is 0.0498. The maximum absolute atomic E-state index is 11.3. The summed E-state index contributed by atoms with van der Waals surface area (Å²) in [6.45, 7) is 8.16. The third kappa shape index (κ3) is 7.78. The van der Waals surface area contributed by atoms with Crippen molar-refractivity contribution >= 4 is 5.91 Å². The van der Waals surface area contributed by atoms with Crippen molar-refractivity contribution in [1.82, 2.24) is 5.32 Å². The zero-order chi connectivity index (χ0) is 10.4. The zero-order valence-electron chi connectivity index (χ0n) is 9.13. The summed E-state index contributed by atoms with van der Waals surface area (Å²) in [6.07, 6.45) is 1.44. The SMILES string of the molecule is CC(C)CC(C)NC(=O)CC(C)N. The summed E-state index contributed by atoms with van der Waals surface area (Å²) < 4.78 is 0. The Morgan fingerprint density at radius 1 is 1.31 bits per heavy atom. The third-order valence-electron chi connectivity index (χ3n) is 1.74. The largest absolute Gasteiger partial charge is 0.354 e. The number of hydrogen-bond acceptors (Lipinski definition) is 2. The molecule has 0 heterocycles. The smallest absolute Gasteiger partial charge is 0.221 e. The van der Waals surface area contributed by atoms with Crippen LogP contribution >= 0.6 is 0 Å². The molecule has 0 fully saturated rings. The van der Waals surface area contributed by atoms with E-state index in [0.717, 1.165) is 6.42 Å². The monoisotopic (exact) mass is 186 g/mol. The summed E-state index contributed by atoms with van der Waals surface area (Å²) in [5.74, 6) is 0.675. The average Bonchev–Trinajstić information content (AvgIpc) is 1.80. The molecule has 2 atom stereocenters. The van der Waals surface area contributed by atoms with E-state index >= 15 is 0 Å². The van der Waals surface area contributed by atoms with Crippen molar-refractivity contribution in [2.45, 2.75) is 52.6 Å². The van der Waals surface area contributed by atoms with Crippen LogP contribution in [0.2, 0.25) is 0 Å². The second-order valence-corrected chi connectivity index (χ2v) is 4.28. The van der Waals surface area contributed by atoms with E-state index in [2.05, 4.69) is 19.2 Å². The van der Waals surface area contributed by atoms with Gasteiger partial charge in [-0.3, -0.25) is 4.79 Å². The Balaban J connectivity index is 3.65. The molecule has 3 N–H and O–H groups in total. The van der Waals surface area contributed by atoms with Crippen molar-refractivity contribution in [2.24, 2.45) is 11.7 Å². The molecular weight excluding hydrogens is 164 g/mol. The second-order valence-electron chi connectivity index (χ2n) is 4.28. The summed E-state index contributed by atoms with van der Waals surface area (Å²) in [6, 6.07) is 0.206. The Labute approximate surface area is 81.1 Å². The molecule has 1 amide bonds. The van der Waals surface area contributed by atoms with E-state index < -0.39 is 0 Å². The zero-order valence-corrected chi connectivity index (χ0v) is 9.13. The Morgan fingerprint density at radius 2 is 1.85 bits per heavy atom. The lowest BCUT2D eigenvalue weighted by Gasteiger charge is -2.16. The molecule has 13 heavy (non-hydrogen) atoms. The van der Waals surface area contributed by atoms with Gasteiger partial charge in [0.25, 0.3) is 0 Å². The van der Waals surface area contributed by atoms with Crippen molar-refractivity contribution in [2.75, 3.05) is 0 Å². The summed E-state index contributed by atoms with van der Waals surface area (Å²) in [5, 5.41) is 2.92. The van der Waals surface area contributed by atoms with Crippen molar-refractivity contribution < 1.29 is 4.79 Å². The highest BCUT2D eigenvalue weighted by atomic mass is 16.1. The van der Waals surface area contributed by atoms with Crippen LogP contribution in [0.25, 0.3) is 0 Å². The normalized spacial score (nSPS) is 15.5. The Bertz CT molecular complexity index is 155. The van der Waals surface area contributed by atoms with Gasteiger partial charge in [-0.05, 0) is 26.2 Å². The van der Waals surface area contributed by atoms with Crippen LogP contribution in [0.1, 0.15) is 40.5 Å². The third-order valence-corrected chi connectivity index (χ3v) is 1.74. The van der Waals surface area contributed by atoms with Crippen LogP contribution < -0.4 is 11.1 Å². The molecule has 0 rings (SSSR count). The van der Waals surface area contributed by atoms with E-state index in [0.29, 0.717) is 12.3 Å². The number of hydrogen-bond donors (Lipinski definition) is 2. The molecule has 3 heteroatoms. The van der Waals surface area contributed by atoms with Crippen LogP contribution in [0.4, 0.5) is 0 Å². The summed E-state index contributed by atoms with van der Waals surface area (Å²) in [7, 11) is 0. The van der Waals surface area contributed by atoms with Crippen molar-refractivity contribution in [3.63, 3.8) is 0 Å². The Hall–Kier alpha value is -0.570. The van der Waals surface area contributed by atoms with Gasteiger partial charge in [0.15, 0.2) is 0 Å². The van der Waals surface area contributed by atoms with E-state index in [-0.39, 0.29) is 18.0 Å². The summed E-state index contributed by atoms with van der Waals surface area (Å²) in [4.78, 5) is 11.3. The van der Waals surface area contributed by atoms with Crippen LogP contribution in [0.15, 0.2) is 0 Å². The lowest BCUT2D eigenvalue weighted by atomic mass is 10.1. The molecule has 0 bridgehead atoms. The molecule has 2 unspecified atom stereocenters. The van der Waals surface area contributed by atoms with Gasteiger partial charge in [0.2, 0.25) is 5.91 Å². The number of carbonyl (C=O) groups is 1. The molecule has 0 aromatic carbocycles. The minimum Gasteiger partial charge on any atom is -0.354 e. The van der Waals surface area contributed by atoms with Crippen LogP contribution in [-0.2, 0) is 4.79 Å². The lowest BCUT2D eigenvalue weighted by molar-refractivity contribution is -0.122. The average molecular weight is 186 g/mol. The molecule has 78 valence electrons. The molecule has 0 aromatic heterocycles. The Morgan fingerprint density at radius 3 is 2.23 bits per heavy atom. The van der Waals surface area contributed by atoms with Crippen LogP contribution in [0, 0.1) is 5.92 Å². The summed E-state index contributed by atoms with van der Waals surface area (Å²) in [5.41, 5.74) is 5.51. The second kappa shape index (κ2) is 5.97. The van der Waals surface area contributed by atoms with Gasteiger partial charge in [-0.25, -0.2) is 0 Å². The highest BCUT2D eigenvalue weighted by Crippen LogP contribution is 2.03. The van der Waals surface area contributed by atoms with Crippen molar-refractivity contribution in [1.29, 1.82) is 0 Å². The van der Waals surface area contributed by atoms with Gasteiger partial charge in [0.1, 0.15) is 0 Å².